The van der Waals surface area contributed by atoms with Crippen LogP contribution in [0.1, 0.15) is 52.2 Å². The number of anilines is 2. The molecule has 3 heterocycles. The van der Waals surface area contributed by atoms with E-state index in [0.717, 1.165) is 68.2 Å². The highest BCUT2D eigenvalue weighted by molar-refractivity contribution is 5.85. The van der Waals surface area contributed by atoms with Crippen molar-refractivity contribution >= 4 is 22.9 Å². The third-order valence-corrected chi connectivity index (χ3v) is 4.61. The van der Waals surface area contributed by atoms with E-state index in [1.807, 2.05) is 0 Å². The second kappa shape index (κ2) is 9.66. The van der Waals surface area contributed by atoms with Gasteiger partial charge in [-0.25, -0.2) is 15.0 Å². The predicted octanol–water partition coefficient (Wildman–Crippen LogP) is 3.05. The fourth-order valence-electron chi connectivity index (χ4n) is 3.18. The molecule has 1 saturated heterocycles. The molecule has 0 spiro atoms. The Morgan fingerprint density at radius 2 is 2.19 bits per heavy atom. The van der Waals surface area contributed by atoms with Gasteiger partial charge in [-0.05, 0) is 52.5 Å². The van der Waals surface area contributed by atoms with Crippen LogP contribution in [-0.4, -0.2) is 45.8 Å². The summed E-state index contributed by atoms with van der Waals surface area (Å²) in [6.45, 7) is 7.16. The summed E-state index contributed by atoms with van der Waals surface area (Å²) < 4.78 is 8.11. The van der Waals surface area contributed by atoms with Crippen LogP contribution in [0, 0.1) is 0 Å². The summed E-state index contributed by atoms with van der Waals surface area (Å²) in [6.07, 6.45) is 8.88. The molecule has 0 aromatic carbocycles. The Morgan fingerprint density at radius 1 is 1.30 bits per heavy atom. The van der Waals surface area contributed by atoms with Gasteiger partial charge in [0.05, 0.1) is 0 Å². The quantitative estimate of drug-likeness (QED) is 0.458. The summed E-state index contributed by atoms with van der Waals surface area (Å²) in [5.74, 6) is 1.54. The van der Waals surface area contributed by atoms with Crippen LogP contribution in [0.5, 0.6) is 0 Å². The van der Waals surface area contributed by atoms with Crippen LogP contribution in [0.25, 0.3) is 11.2 Å². The zero-order valence-corrected chi connectivity index (χ0v) is 16.4. The number of aromatic nitrogens is 4. The first-order chi connectivity index (χ1) is 13.2. The van der Waals surface area contributed by atoms with Gasteiger partial charge >= 0.3 is 0 Å². The van der Waals surface area contributed by atoms with Crippen LogP contribution < -0.4 is 16.4 Å². The average molecular weight is 374 g/mol. The highest BCUT2D eigenvalue weighted by Gasteiger charge is 2.24. The lowest BCUT2D eigenvalue weighted by Crippen LogP contribution is -2.21. The fraction of sp³-hybridized carbons (Fsp3) is 0.632. The van der Waals surface area contributed by atoms with Crippen LogP contribution in [0.15, 0.2) is 18.0 Å². The van der Waals surface area contributed by atoms with E-state index in [1.54, 1.807) is 6.33 Å². The molecule has 8 heteroatoms. The van der Waals surface area contributed by atoms with Crippen molar-refractivity contribution in [2.24, 2.45) is 5.73 Å². The summed E-state index contributed by atoms with van der Waals surface area (Å²) in [6, 6.07) is 0. The summed E-state index contributed by atoms with van der Waals surface area (Å²) in [5, 5.41) is 6.80. The summed E-state index contributed by atoms with van der Waals surface area (Å²) in [4.78, 5) is 13.7. The van der Waals surface area contributed by atoms with Crippen LogP contribution in [0.3, 0.4) is 0 Å². The smallest absolute Gasteiger partial charge is 0.207 e. The lowest BCUT2D eigenvalue weighted by molar-refractivity contribution is -0.0285. The summed E-state index contributed by atoms with van der Waals surface area (Å²) >= 11 is 0. The Bertz CT molecular complexity index is 761. The third kappa shape index (κ3) is 4.95. The second-order valence-corrected chi connectivity index (χ2v) is 7.11. The molecule has 0 saturated carbocycles. The maximum atomic E-state index is 6.02. The van der Waals surface area contributed by atoms with Gasteiger partial charge in [-0.1, -0.05) is 11.6 Å². The molecule has 148 valence electrons. The number of rotatable bonds is 9. The zero-order chi connectivity index (χ0) is 19.1. The van der Waals surface area contributed by atoms with Crippen LogP contribution in [-0.2, 0) is 4.74 Å². The minimum absolute atomic E-state index is 0.0405. The lowest BCUT2D eigenvalue weighted by Gasteiger charge is -2.25. The van der Waals surface area contributed by atoms with E-state index in [2.05, 4.69) is 45.1 Å². The molecule has 0 bridgehead atoms. The Hall–Kier alpha value is -2.19. The average Bonchev–Trinajstić information content (AvgIpc) is 3.05. The Kier molecular flexibility index (Phi) is 7.00. The van der Waals surface area contributed by atoms with Gasteiger partial charge in [0.25, 0.3) is 0 Å². The number of hydrogen-bond acceptors (Lipinski definition) is 7. The number of fused-ring (bicyclic) bond motifs is 1. The highest BCUT2D eigenvalue weighted by atomic mass is 16.5. The number of unbranched alkanes of at least 4 members (excludes halogenated alkanes) is 1. The number of nitrogens with zero attached hydrogens (tertiary/aromatic N) is 4. The SMILES string of the molecule is CC(C)=CCNc1ncnc2c1nc(NCCCCN)n2C1CCCCO1. The number of allylic oxidation sites excluding steroid dienone is 1. The van der Waals surface area contributed by atoms with Crippen molar-refractivity contribution in [3.05, 3.63) is 18.0 Å². The van der Waals surface area contributed by atoms with Crippen LogP contribution in [0.4, 0.5) is 11.8 Å². The number of imidazole rings is 1. The van der Waals surface area contributed by atoms with Crippen molar-refractivity contribution in [3.8, 4) is 0 Å². The van der Waals surface area contributed by atoms with Gasteiger partial charge in [-0.3, -0.25) is 4.57 Å². The van der Waals surface area contributed by atoms with Gasteiger partial charge in [0.15, 0.2) is 17.0 Å². The predicted molar refractivity (Wildman–Crippen MR) is 109 cm³/mol. The van der Waals surface area contributed by atoms with Crippen molar-refractivity contribution < 1.29 is 4.74 Å². The normalized spacial score (nSPS) is 17.1. The third-order valence-electron chi connectivity index (χ3n) is 4.61. The van der Waals surface area contributed by atoms with E-state index in [-0.39, 0.29) is 6.23 Å². The largest absolute Gasteiger partial charge is 0.365 e. The maximum Gasteiger partial charge on any atom is 0.207 e. The molecule has 27 heavy (non-hydrogen) atoms. The lowest BCUT2D eigenvalue weighted by atomic mass is 10.2. The van der Waals surface area contributed by atoms with Crippen molar-refractivity contribution in [1.82, 2.24) is 19.5 Å². The molecule has 0 amide bonds. The van der Waals surface area contributed by atoms with Crippen molar-refractivity contribution in [1.29, 1.82) is 0 Å². The van der Waals surface area contributed by atoms with E-state index in [4.69, 9.17) is 15.5 Å². The van der Waals surface area contributed by atoms with E-state index in [0.29, 0.717) is 13.1 Å². The molecule has 1 aliphatic heterocycles. The van der Waals surface area contributed by atoms with E-state index < -0.39 is 0 Å². The molecule has 3 rings (SSSR count). The number of nitrogens with two attached hydrogens (primary N) is 1. The fourth-order valence-corrected chi connectivity index (χ4v) is 3.18. The topological polar surface area (TPSA) is 103 Å². The first-order valence-corrected chi connectivity index (χ1v) is 9.86. The van der Waals surface area contributed by atoms with E-state index in [1.165, 1.54) is 5.57 Å². The van der Waals surface area contributed by atoms with Gasteiger partial charge in [-0.15, -0.1) is 0 Å². The van der Waals surface area contributed by atoms with Crippen molar-refractivity contribution in [2.45, 2.75) is 52.2 Å². The van der Waals surface area contributed by atoms with E-state index >= 15 is 0 Å². The molecule has 1 atom stereocenters. The zero-order valence-electron chi connectivity index (χ0n) is 16.4. The monoisotopic (exact) mass is 373 g/mol. The van der Waals surface area contributed by atoms with Gasteiger partial charge in [-0.2, -0.15) is 0 Å². The standard InChI is InChI=1S/C19H31N7O/c1-14(2)8-11-21-17-16-18(24-13-23-17)26(15-7-3-6-12-27-15)19(25-16)22-10-5-4-9-20/h8,13,15H,3-7,9-12,20H2,1-2H3,(H,22,25)(H,21,23,24). The first kappa shape index (κ1) is 19.6. The minimum atomic E-state index is -0.0405. The Balaban J connectivity index is 1.91. The van der Waals surface area contributed by atoms with Crippen LogP contribution >= 0.6 is 0 Å². The molecular formula is C19H31N7O. The van der Waals surface area contributed by atoms with Crippen LogP contribution in [0.2, 0.25) is 0 Å². The first-order valence-electron chi connectivity index (χ1n) is 9.86. The number of ether oxygens (including phenoxy) is 1. The molecule has 0 radical (unpaired) electrons. The summed E-state index contributed by atoms with van der Waals surface area (Å²) in [7, 11) is 0. The van der Waals surface area contributed by atoms with Crippen molar-refractivity contribution in [3.63, 3.8) is 0 Å². The van der Waals surface area contributed by atoms with Gasteiger partial charge in [0.1, 0.15) is 12.6 Å². The minimum Gasteiger partial charge on any atom is -0.365 e. The molecular weight excluding hydrogens is 342 g/mol. The van der Waals surface area contributed by atoms with Gasteiger partial charge in [0, 0.05) is 19.7 Å². The highest BCUT2D eigenvalue weighted by Crippen LogP contribution is 2.31. The Morgan fingerprint density at radius 3 is 2.93 bits per heavy atom. The van der Waals surface area contributed by atoms with Gasteiger partial charge < -0.3 is 21.1 Å². The molecule has 4 N–H and O–H groups in total. The molecule has 1 fully saturated rings. The molecule has 1 aliphatic rings. The van der Waals surface area contributed by atoms with Gasteiger partial charge in [0.2, 0.25) is 5.95 Å². The molecule has 1 unspecified atom stereocenters. The summed E-state index contributed by atoms with van der Waals surface area (Å²) in [5.41, 5.74) is 8.44. The number of nitrogens with one attached hydrogen (secondary N) is 2. The maximum absolute atomic E-state index is 6.02. The molecule has 2 aromatic heterocycles. The Labute approximate surface area is 160 Å². The molecule has 8 nitrogen and oxygen atoms in total. The second-order valence-electron chi connectivity index (χ2n) is 7.11. The van der Waals surface area contributed by atoms with Crippen molar-refractivity contribution in [2.75, 3.05) is 36.9 Å². The van der Waals surface area contributed by atoms with E-state index in [9.17, 15) is 0 Å². The molecule has 2 aromatic rings. The molecule has 0 aliphatic carbocycles. The number of hydrogen-bond donors (Lipinski definition) is 3.